The lowest BCUT2D eigenvalue weighted by Crippen LogP contribution is -2.34. The minimum atomic E-state index is -0.416. The molecule has 3 N–H and O–H groups in total. The number of nitrogens with zero attached hydrogens (tertiary/aromatic N) is 2. The Labute approximate surface area is 162 Å². The van der Waals surface area contributed by atoms with Gasteiger partial charge in [-0.2, -0.15) is 0 Å². The summed E-state index contributed by atoms with van der Waals surface area (Å²) < 4.78 is 0. The molecule has 0 saturated carbocycles. The number of nitrogens with one attached hydrogen (secondary N) is 1. The van der Waals surface area contributed by atoms with Crippen LogP contribution >= 0.6 is 11.8 Å². The zero-order valence-electron chi connectivity index (χ0n) is 15.1. The second-order valence-electron chi connectivity index (χ2n) is 6.37. The molecule has 0 atom stereocenters. The van der Waals surface area contributed by atoms with E-state index in [2.05, 4.69) is 9.97 Å². The zero-order chi connectivity index (χ0) is 19.2. The molecule has 6 nitrogen and oxygen atoms in total. The van der Waals surface area contributed by atoms with Crippen LogP contribution in [0, 0.1) is 6.92 Å². The number of hydrogen-bond donors (Lipinski definition) is 2. The number of fused-ring (bicyclic) bond motifs is 1. The van der Waals surface area contributed by atoms with Crippen molar-refractivity contribution in [2.24, 2.45) is 5.73 Å². The highest BCUT2D eigenvalue weighted by atomic mass is 32.2. The molecule has 0 aliphatic rings. The Morgan fingerprint density at radius 1 is 1.19 bits per heavy atom. The Balaban J connectivity index is 1.65. The van der Waals surface area contributed by atoms with Crippen LogP contribution in [0.5, 0.6) is 0 Å². The number of H-pyrrole nitrogens is 1. The van der Waals surface area contributed by atoms with Gasteiger partial charge in [-0.25, -0.2) is 4.98 Å². The number of benzene rings is 2. The fraction of sp³-hybridized carbons (Fsp3) is 0.250. The largest absolute Gasteiger partial charge is 0.370 e. The first kappa shape index (κ1) is 19.0. The Bertz CT molecular complexity index is 940. The summed E-state index contributed by atoms with van der Waals surface area (Å²) in [6.07, 6.45) is 0.146. The highest BCUT2D eigenvalue weighted by Gasteiger charge is 2.16. The summed E-state index contributed by atoms with van der Waals surface area (Å²) in [5, 5.41) is 0.707. The first-order valence-electron chi connectivity index (χ1n) is 8.70. The molecule has 0 spiro atoms. The second-order valence-corrected chi connectivity index (χ2v) is 7.33. The Kier molecular flexibility index (Phi) is 6.13. The molecule has 0 saturated heterocycles. The lowest BCUT2D eigenvalue weighted by molar-refractivity contribution is -0.129. The molecular weight excluding hydrogens is 360 g/mol. The lowest BCUT2D eigenvalue weighted by Gasteiger charge is -2.22. The average Bonchev–Trinajstić information content (AvgIpc) is 3.05. The second kappa shape index (κ2) is 8.73. The van der Waals surface area contributed by atoms with E-state index < -0.39 is 5.91 Å². The number of carbonyl (C=O) groups is 2. The van der Waals surface area contributed by atoms with Gasteiger partial charge in [0.05, 0.1) is 16.8 Å². The third-order valence-electron chi connectivity index (χ3n) is 4.15. The number of aromatic nitrogens is 2. The van der Waals surface area contributed by atoms with Crippen LogP contribution in [-0.2, 0) is 16.1 Å². The van der Waals surface area contributed by atoms with Gasteiger partial charge in [-0.1, -0.05) is 48.2 Å². The summed E-state index contributed by atoms with van der Waals surface area (Å²) in [5.74, 6) is -0.229. The lowest BCUT2D eigenvalue weighted by atomic mass is 10.2. The number of hydrogen-bond acceptors (Lipinski definition) is 4. The summed E-state index contributed by atoms with van der Waals surface area (Å²) in [7, 11) is 0. The standard InChI is InChI=1S/C20H22N4O2S/c1-14-7-8-16-17(11-14)23-20(22-16)27-13-19(26)24(10-9-18(21)25)12-15-5-3-2-4-6-15/h2-8,11H,9-10,12-13H2,1H3,(H2,21,25)(H,22,23). The van der Waals surface area contributed by atoms with Crippen molar-refractivity contribution in [3.8, 4) is 0 Å². The van der Waals surface area contributed by atoms with Crippen LogP contribution in [-0.4, -0.2) is 39.0 Å². The molecule has 0 aliphatic heterocycles. The SMILES string of the molecule is Cc1ccc2nc(SCC(=O)N(CCC(N)=O)Cc3ccccc3)[nH]c2c1. The molecule has 140 valence electrons. The smallest absolute Gasteiger partial charge is 0.233 e. The van der Waals surface area contributed by atoms with Crippen LogP contribution in [0.3, 0.4) is 0 Å². The fourth-order valence-corrected chi connectivity index (χ4v) is 3.52. The Morgan fingerprint density at radius 3 is 2.70 bits per heavy atom. The minimum absolute atomic E-state index is 0.0539. The third kappa shape index (κ3) is 5.34. The van der Waals surface area contributed by atoms with Crippen LogP contribution in [0.25, 0.3) is 11.0 Å². The van der Waals surface area contributed by atoms with E-state index in [-0.39, 0.29) is 18.1 Å². The topological polar surface area (TPSA) is 92.1 Å². The summed E-state index contributed by atoms with van der Waals surface area (Å²) >= 11 is 1.36. The number of rotatable bonds is 8. The van der Waals surface area contributed by atoms with E-state index in [1.807, 2.05) is 55.5 Å². The predicted octanol–water partition coefficient (Wildman–Crippen LogP) is 2.87. The van der Waals surface area contributed by atoms with Gasteiger partial charge in [0.2, 0.25) is 11.8 Å². The maximum absolute atomic E-state index is 12.7. The van der Waals surface area contributed by atoms with Crippen LogP contribution < -0.4 is 5.73 Å². The average molecular weight is 382 g/mol. The number of primary amides is 1. The van der Waals surface area contributed by atoms with Gasteiger partial charge in [0.25, 0.3) is 0 Å². The van der Waals surface area contributed by atoms with Gasteiger partial charge in [0.15, 0.2) is 5.16 Å². The summed E-state index contributed by atoms with van der Waals surface area (Å²) in [4.78, 5) is 33.3. The Morgan fingerprint density at radius 2 is 1.96 bits per heavy atom. The van der Waals surface area contributed by atoms with Gasteiger partial charge in [-0.3, -0.25) is 9.59 Å². The zero-order valence-corrected chi connectivity index (χ0v) is 16.0. The van der Waals surface area contributed by atoms with Gasteiger partial charge in [0.1, 0.15) is 0 Å². The summed E-state index contributed by atoms with van der Waals surface area (Å²) in [5.41, 5.74) is 9.26. The predicted molar refractivity (Wildman–Crippen MR) is 107 cm³/mol. The van der Waals surface area contributed by atoms with Crippen LogP contribution in [0.2, 0.25) is 0 Å². The van der Waals surface area contributed by atoms with Crippen LogP contribution in [0.4, 0.5) is 0 Å². The highest BCUT2D eigenvalue weighted by Crippen LogP contribution is 2.21. The van der Waals surface area contributed by atoms with E-state index in [1.54, 1.807) is 4.90 Å². The summed E-state index contributed by atoms with van der Waals surface area (Å²) in [6.45, 7) is 2.78. The number of carbonyl (C=O) groups excluding carboxylic acids is 2. The fourth-order valence-electron chi connectivity index (χ4n) is 2.73. The molecular formula is C20H22N4O2S. The molecule has 2 aromatic carbocycles. The van der Waals surface area contributed by atoms with Crippen molar-refractivity contribution in [3.63, 3.8) is 0 Å². The van der Waals surface area contributed by atoms with E-state index in [4.69, 9.17) is 5.73 Å². The number of aryl methyl sites for hydroxylation is 1. The molecule has 2 amide bonds. The molecule has 7 heteroatoms. The van der Waals surface area contributed by atoms with Crippen LogP contribution in [0.1, 0.15) is 17.5 Å². The monoisotopic (exact) mass is 382 g/mol. The van der Waals surface area contributed by atoms with Crippen LogP contribution in [0.15, 0.2) is 53.7 Å². The van der Waals surface area contributed by atoms with E-state index in [9.17, 15) is 9.59 Å². The molecule has 27 heavy (non-hydrogen) atoms. The normalized spacial score (nSPS) is 10.9. The molecule has 0 unspecified atom stereocenters. The molecule has 3 rings (SSSR count). The molecule has 1 aromatic heterocycles. The molecule has 1 heterocycles. The molecule has 0 radical (unpaired) electrons. The number of imidazole rings is 1. The maximum atomic E-state index is 12.7. The first-order chi connectivity index (χ1) is 13.0. The summed E-state index contributed by atoms with van der Waals surface area (Å²) in [6, 6.07) is 15.7. The highest BCUT2D eigenvalue weighted by molar-refractivity contribution is 7.99. The van der Waals surface area contributed by atoms with E-state index >= 15 is 0 Å². The van der Waals surface area contributed by atoms with Gasteiger partial charge in [-0.15, -0.1) is 0 Å². The third-order valence-corrected chi connectivity index (χ3v) is 5.00. The molecule has 0 aliphatic carbocycles. The number of thioether (sulfide) groups is 1. The van der Waals surface area contributed by atoms with Gasteiger partial charge in [0, 0.05) is 19.5 Å². The quantitative estimate of drug-likeness (QED) is 0.586. The van der Waals surface area contributed by atoms with E-state index in [0.717, 1.165) is 22.2 Å². The van der Waals surface area contributed by atoms with Crippen molar-refractivity contribution in [1.29, 1.82) is 0 Å². The van der Waals surface area contributed by atoms with Crippen molar-refractivity contribution in [2.45, 2.75) is 25.0 Å². The van der Waals surface area contributed by atoms with Gasteiger partial charge < -0.3 is 15.6 Å². The first-order valence-corrected chi connectivity index (χ1v) is 9.69. The van der Waals surface area contributed by atoms with E-state index in [0.29, 0.717) is 18.2 Å². The van der Waals surface area contributed by atoms with Gasteiger partial charge >= 0.3 is 0 Å². The number of amides is 2. The van der Waals surface area contributed by atoms with Crippen molar-refractivity contribution in [3.05, 3.63) is 59.7 Å². The molecule has 0 bridgehead atoms. The van der Waals surface area contributed by atoms with Gasteiger partial charge in [-0.05, 0) is 30.2 Å². The van der Waals surface area contributed by atoms with Crippen molar-refractivity contribution < 1.29 is 9.59 Å². The minimum Gasteiger partial charge on any atom is -0.370 e. The van der Waals surface area contributed by atoms with Crippen molar-refractivity contribution >= 4 is 34.6 Å². The molecule has 3 aromatic rings. The molecule has 0 fully saturated rings. The van der Waals surface area contributed by atoms with Crippen molar-refractivity contribution in [2.75, 3.05) is 12.3 Å². The maximum Gasteiger partial charge on any atom is 0.233 e. The number of aromatic amines is 1. The van der Waals surface area contributed by atoms with Crippen molar-refractivity contribution in [1.82, 2.24) is 14.9 Å². The number of nitrogens with two attached hydrogens (primary N) is 1. The van der Waals surface area contributed by atoms with E-state index in [1.165, 1.54) is 11.8 Å². The Hall–Kier alpha value is -2.80.